The third-order valence-electron chi connectivity index (χ3n) is 3.60. The zero-order valence-electron chi connectivity index (χ0n) is 10.6. The molecule has 0 aliphatic carbocycles. The molecule has 0 saturated heterocycles. The normalized spacial score (nSPS) is 11.4. The summed E-state index contributed by atoms with van der Waals surface area (Å²) in [5.74, 6) is -0.442. The van der Waals surface area contributed by atoms with Crippen molar-refractivity contribution in [1.82, 2.24) is 9.38 Å². The van der Waals surface area contributed by atoms with E-state index in [1.54, 1.807) is 6.07 Å². The minimum absolute atomic E-state index is 0.442. The van der Waals surface area contributed by atoms with Gasteiger partial charge in [-0.25, -0.2) is 4.98 Å². The molecule has 2 N–H and O–H groups in total. The second kappa shape index (κ2) is 3.81. The lowest BCUT2D eigenvalue weighted by Crippen LogP contribution is -2.13. The van der Waals surface area contributed by atoms with Gasteiger partial charge in [-0.1, -0.05) is 18.2 Å². The molecule has 2 aliphatic rings. The standard InChI is InChI=1S/C16H11N3O/c17-16(20)12-5-3-8-19-9-7-11-10-4-1-2-6-13(10)18-14(11)15(12)19/h1-9H,(H2,17,20). The number of hydrogen-bond donors (Lipinski definition) is 1. The van der Waals surface area contributed by atoms with Crippen molar-refractivity contribution < 1.29 is 4.79 Å². The number of carbonyl (C=O) groups is 1. The maximum atomic E-state index is 11.7. The number of benzene rings is 1. The Bertz CT molecular complexity index is 939. The van der Waals surface area contributed by atoms with Gasteiger partial charge in [0.1, 0.15) is 0 Å². The molecule has 0 saturated carbocycles. The zero-order chi connectivity index (χ0) is 13.7. The van der Waals surface area contributed by atoms with Crippen LogP contribution in [0.25, 0.3) is 27.7 Å². The molecule has 1 amide bonds. The van der Waals surface area contributed by atoms with E-state index in [0.717, 1.165) is 27.7 Å². The first-order chi connectivity index (χ1) is 9.75. The van der Waals surface area contributed by atoms with Gasteiger partial charge in [-0.2, -0.15) is 0 Å². The number of aromatic nitrogens is 2. The molecule has 0 spiro atoms. The van der Waals surface area contributed by atoms with Crippen LogP contribution in [0, 0.1) is 0 Å². The summed E-state index contributed by atoms with van der Waals surface area (Å²) in [6.45, 7) is 0. The molecule has 4 rings (SSSR count). The fourth-order valence-electron chi connectivity index (χ4n) is 2.71. The molecule has 0 radical (unpaired) electrons. The van der Waals surface area contributed by atoms with Crippen molar-refractivity contribution in [1.29, 1.82) is 0 Å². The van der Waals surface area contributed by atoms with E-state index in [-0.39, 0.29) is 0 Å². The molecule has 0 bridgehead atoms. The molecular formula is C16H11N3O. The van der Waals surface area contributed by atoms with Crippen molar-refractivity contribution in [2.45, 2.75) is 0 Å². The highest BCUT2D eigenvalue weighted by Gasteiger charge is 2.18. The number of nitrogens with two attached hydrogens (primary N) is 1. The van der Waals surface area contributed by atoms with Gasteiger partial charge in [0.15, 0.2) is 0 Å². The Morgan fingerprint density at radius 1 is 1.05 bits per heavy atom. The van der Waals surface area contributed by atoms with E-state index in [4.69, 9.17) is 5.73 Å². The maximum Gasteiger partial charge on any atom is 0.250 e. The van der Waals surface area contributed by atoms with Crippen LogP contribution in [0.3, 0.4) is 0 Å². The molecule has 0 unspecified atom stereocenters. The number of amides is 1. The Morgan fingerprint density at radius 3 is 2.75 bits per heavy atom. The molecule has 1 aromatic heterocycles. The number of pyridine rings is 2. The fraction of sp³-hybridized carbons (Fsp3) is 0. The van der Waals surface area contributed by atoms with Crippen molar-refractivity contribution in [3.05, 3.63) is 60.4 Å². The van der Waals surface area contributed by atoms with Gasteiger partial charge in [-0.15, -0.1) is 0 Å². The largest absolute Gasteiger partial charge is 0.366 e. The lowest BCUT2D eigenvalue weighted by Gasteiger charge is -2.09. The van der Waals surface area contributed by atoms with E-state index >= 15 is 0 Å². The highest BCUT2D eigenvalue weighted by molar-refractivity contribution is 6.08. The van der Waals surface area contributed by atoms with Crippen LogP contribution in [0.5, 0.6) is 0 Å². The van der Waals surface area contributed by atoms with E-state index < -0.39 is 5.91 Å². The molecule has 4 nitrogen and oxygen atoms in total. The van der Waals surface area contributed by atoms with Crippen LogP contribution < -0.4 is 5.73 Å². The third kappa shape index (κ3) is 1.36. The topological polar surface area (TPSA) is 60.4 Å². The average molecular weight is 261 g/mol. The van der Waals surface area contributed by atoms with Crippen LogP contribution in [0.2, 0.25) is 0 Å². The number of para-hydroxylation sites is 1. The van der Waals surface area contributed by atoms with Gasteiger partial charge in [0.2, 0.25) is 0 Å². The number of nitrogens with zero attached hydrogens (tertiary/aromatic N) is 2. The van der Waals surface area contributed by atoms with Crippen molar-refractivity contribution in [2.75, 3.05) is 0 Å². The summed E-state index contributed by atoms with van der Waals surface area (Å²) in [4.78, 5) is 16.3. The molecule has 20 heavy (non-hydrogen) atoms. The zero-order valence-corrected chi connectivity index (χ0v) is 10.6. The second-order valence-corrected chi connectivity index (χ2v) is 4.75. The number of primary amides is 1. The van der Waals surface area contributed by atoms with Gasteiger partial charge < -0.3 is 10.1 Å². The summed E-state index contributed by atoms with van der Waals surface area (Å²) in [6.07, 6.45) is 3.82. The molecular weight excluding hydrogens is 250 g/mol. The van der Waals surface area contributed by atoms with Crippen molar-refractivity contribution >= 4 is 22.3 Å². The number of rotatable bonds is 1. The predicted molar refractivity (Wildman–Crippen MR) is 77.8 cm³/mol. The summed E-state index contributed by atoms with van der Waals surface area (Å²) in [5.41, 5.74) is 9.50. The van der Waals surface area contributed by atoms with Crippen LogP contribution in [0.1, 0.15) is 10.4 Å². The summed E-state index contributed by atoms with van der Waals surface area (Å²) in [6, 6.07) is 13.5. The molecule has 0 atom stereocenters. The van der Waals surface area contributed by atoms with Crippen molar-refractivity contribution in [3.63, 3.8) is 0 Å². The maximum absolute atomic E-state index is 11.7. The van der Waals surface area contributed by atoms with Crippen molar-refractivity contribution in [2.24, 2.45) is 5.73 Å². The third-order valence-corrected chi connectivity index (χ3v) is 3.60. The molecule has 0 fully saturated rings. The Balaban J connectivity index is 2.25. The van der Waals surface area contributed by atoms with Crippen LogP contribution in [-0.4, -0.2) is 15.3 Å². The lowest BCUT2D eigenvalue weighted by atomic mass is 10.1. The summed E-state index contributed by atoms with van der Waals surface area (Å²) in [7, 11) is 0. The molecule has 2 aromatic rings. The molecule has 3 heterocycles. The fourth-order valence-corrected chi connectivity index (χ4v) is 2.71. The van der Waals surface area contributed by atoms with E-state index in [2.05, 4.69) is 4.98 Å². The van der Waals surface area contributed by atoms with E-state index in [1.165, 1.54) is 0 Å². The van der Waals surface area contributed by atoms with E-state index in [1.807, 2.05) is 53.2 Å². The average Bonchev–Trinajstić information content (AvgIpc) is 2.85. The summed E-state index contributed by atoms with van der Waals surface area (Å²) >= 11 is 0. The summed E-state index contributed by atoms with van der Waals surface area (Å²) in [5, 5.41) is 1.09. The first kappa shape index (κ1) is 11.0. The molecule has 96 valence electrons. The van der Waals surface area contributed by atoms with Gasteiger partial charge in [0.05, 0.1) is 22.3 Å². The number of fused-ring (bicyclic) bond motifs is 5. The van der Waals surface area contributed by atoms with Crippen LogP contribution >= 0.6 is 0 Å². The van der Waals surface area contributed by atoms with Crippen LogP contribution in [-0.2, 0) is 0 Å². The Labute approximate surface area is 114 Å². The highest BCUT2D eigenvalue weighted by Crippen LogP contribution is 2.34. The Morgan fingerprint density at radius 2 is 1.90 bits per heavy atom. The van der Waals surface area contributed by atoms with Gasteiger partial charge >= 0.3 is 0 Å². The van der Waals surface area contributed by atoms with Gasteiger partial charge in [0, 0.05) is 23.3 Å². The number of carbonyl (C=O) groups excluding carboxylic acids is 1. The van der Waals surface area contributed by atoms with E-state index in [9.17, 15) is 4.79 Å². The monoisotopic (exact) mass is 261 g/mol. The van der Waals surface area contributed by atoms with E-state index in [0.29, 0.717) is 5.56 Å². The summed E-state index contributed by atoms with van der Waals surface area (Å²) < 4.78 is 1.88. The van der Waals surface area contributed by atoms with Gasteiger partial charge in [-0.05, 0) is 24.3 Å². The Hall–Kier alpha value is -2.88. The smallest absolute Gasteiger partial charge is 0.250 e. The minimum Gasteiger partial charge on any atom is -0.366 e. The van der Waals surface area contributed by atoms with Crippen LogP contribution in [0.4, 0.5) is 0 Å². The van der Waals surface area contributed by atoms with Crippen molar-refractivity contribution in [3.8, 4) is 11.3 Å². The lowest BCUT2D eigenvalue weighted by molar-refractivity contribution is 0.100. The Kier molecular flexibility index (Phi) is 2.09. The molecule has 2 aliphatic heterocycles. The molecule has 4 heteroatoms. The second-order valence-electron chi connectivity index (χ2n) is 4.75. The predicted octanol–water partition coefficient (Wildman–Crippen LogP) is 2.69. The first-order valence-electron chi connectivity index (χ1n) is 6.33. The number of hydrogen-bond acceptors (Lipinski definition) is 2. The van der Waals surface area contributed by atoms with Gasteiger partial charge in [0.25, 0.3) is 5.91 Å². The van der Waals surface area contributed by atoms with Gasteiger partial charge in [-0.3, -0.25) is 4.79 Å². The minimum atomic E-state index is -0.442. The first-order valence-corrected chi connectivity index (χ1v) is 6.33. The SMILES string of the molecule is NC(=O)c1cccn2ccc3c4ccccc4nc-3c12. The quantitative estimate of drug-likeness (QED) is 0.572. The molecule has 1 aromatic carbocycles. The highest BCUT2D eigenvalue weighted by atomic mass is 16.1. The van der Waals surface area contributed by atoms with Crippen LogP contribution in [0.15, 0.2) is 54.9 Å².